The maximum Gasteiger partial charge on any atom is 1.00 e. The molecule has 0 rings (SSSR count). The number of ether oxygens (including phenoxy) is 2. The van der Waals surface area contributed by atoms with Gasteiger partial charge in [-0.05, 0) is 53.8 Å². The van der Waals surface area contributed by atoms with Crippen molar-refractivity contribution in [3.05, 3.63) is 0 Å². The van der Waals surface area contributed by atoms with Gasteiger partial charge in [0, 0.05) is 12.3 Å². The molecule has 8 nitrogen and oxygen atoms in total. The summed E-state index contributed by atoms with van der Waals surface area (Å²) in [6.07, 6.45) is 14.7. The third-order valence-corrected chi connectivity index (χ3v) is 4.93. The molecule has 11 heteroatoms. The van der Waals surface area contributed by atoms with Gasteiger partial charge in [0.1, 0.15) is 6.61 Å². The zero-order chi connectivity index (χ0) is 26.9. The molecule has 0 aliphatic rings. The first kappa shape index (κ1) is 41.3. The normalized spacial score (nSPS) is 9.84. The molecule has 0 saturated carbocycles. The number of hydrogen-bond donors (Lipinski definition) is 0. The first-order chi connectivity index (χ1) is 17.3. The molecule has 0 radical (unpaired) electrons. The van der Waals surface area contributed by atoms with E-state index in [1.165, 1.54) is 38.5 Å². The quantitative estimate of drug-likeness (QED) is 0.0444. The molecular formula is C27H31Na2O8P. The zero-order valence-electron chi connectivity index (χ0n) is 22.6. The van der Waals surface area contributed by atoms with Crippen LogP contribution in [-0.2, 0) is 28.2 Å². The van der Waals surface area contributed by atoms with E-state index in [-0.39, 0.29) is 65.5 Å². The Kier molecular flexibility index (Phi) is 31.4. The number of terminal acetylenes is 1. The van der Waals surface area contributed by atoms with Crippen LogP contribution in [0.5, 0.6) is 0 Å². The second-order valence-corrected chi connectivity index (χ2v) is 8.68. The third-order valence-electron chi connectivity index (χ3n) is 4.46. The van der Waals surface area contributed by atoms with Gasteiger partial charge in [-0.3, -0.25) is 4.79 Å². The van der Waals surface area contributed by atoms with Crippen LogP contribution < -0.4 is 68.9 Å². The van der Waals surface area contributed by atoms with E-state index in [4.69, 9.17) is 15.9 Å². The van der Waals surface area contributed by atoms with Crippen molar-refractivity contribution in [1.29, 1.82) is 0 Å². The van der Waals surface area contributed by atoms with Gasteiger partial charge in [0.25, 0.3) is 0 Å². The Labute approximate surface area is 271 Å². The van der Waals surface area contributed by atoms with Crippen LogP contribution in [0, 0.1) is 59.7 Å². The predicted octanol–water partition coefficient (Wildman–Crippen LogP) is -3.75. The maximum atomic E-state index is 12.1. The number of phosphoric ester groups is 1. The van der Waals surface area contributed by atoms with Crippen LogP contribution in [0.1, 0.15) is 77.6 Å². The number of unbranched alkanes of at least 4 members (excludes halogenated alkanes) is 9. The second kappa shape index (κ2) is 28.8. The van der Waals surface area contributed by atoms with Gasteiger partial charge in [0.15, 0.2) is 6.10 Å². The van der Waals surface area contributed by atoms with Crippen molar-refractivity contribution in [3.8, 4) is 59.7 Å². The molecule has 0 bridgehead atoms. The molecular weight excluding hydrogens is 529 g/mol. The summed E-state index contributed by atoms with van der Waals surface area (Å²) in [5.74, 6) is 18.6. The van der Waals surface area contributed by atoms with Crippen LogP contribution in [0.25, 0.3) is 0 Å². The van der Waals surface area contributed by atoms with Gasteiger partial charge in [0.2, 0.25) is 0 Å². The van der Waals surface area contributed by atoms with Crippen molar-refractivity contribution < 1.29 is 97.1 Å². The Morgan fingerprint density at radius 1 is 0.789 bits per heavy atom. The van der Waals surface area contributed by atoms with E-state index >= 15 is 0 Å². The number of carbonyl (C=O) groups is 2. The molecule has 0 aliphatic heterocycles. The fourth-order valence-corrected chi connectivity index (χ4v) is 3.12. The van der Waals surface area contributed by atoms with E-state index in [1.54, 1.807) is 0 Å². The van der Waals surface area contributed by atoms with Gasteiger partial charge >= 0.3 is 71.1 Å². The van der Waals surface area contributed by atoms with Crippen LogP contribution in [0.3, 0.4) is 0 Å². The first-order valence-electron chi connectivity index (χ1n) is 11.8. The number of esters is 2. The topological polar surface area (TPSA) is 125 Å². The second-order valence-electron chi connectivity index (χ2n) is 7.53. The van der Waals surface area contributed by atoms with Gasteiger partial charge < -0.3 is 28.3 Å². The summed E-state index contributed by atoms with van der Waals surface area (Å²) < 4.78 is 24.8. The van der Waals surface area contributed by atoms with E-state index in [0.717, 1.165) is 19.3 Å². The molecule has 0 amide bonds. The van der Waals surface area contributed by atoms with Crippen molar-refractivity contribution in [1.82, 2.24) is 0 Å². The Bertz CT molecular complexity index is 1020. The minimum absolute atomic E-state index is 0. The molecule has 38 heavy (non-hydrogen) atoms. The van der Waals surface area contributed by atoms with Gasteiger partial charge in [-0.25, -0.2) is 4.79 Å². The minimum atomic E-state index is -5.30. The molecule has 0 spiro atoms. The first-order valence-corrected chi connectivity index (χ1v) is 13.2. The Balaban J connectivity index is -0.00000612. The van der Waals surface area contributed by atoms with E-state index in [1.807, 2.05) is 0 Å². The van der Waals surface area contributed by atoms with Gasteiger partial charge in [0.05, 0.1) is 14.4 Å². The van der Waals surface area contributed by atoms with E-state index in [9.17, 15) is 23.9 Å². The summed E-state index contributed by atoms with van der Waals surface area (Å²) in [6.45, 7) is 0.861. The molecule has 0 aromatic rings. The fourth-order valence-electron chi connectivity index (χ4n) is 2.77. The summed E-state index contributed by atoms with van der Waals surface area (Å²) >= 11 is 0. The molecule has 1 atom stereocenters. The zero-order valence-corrected chi connectivity index (χ0v) is 27.5. The molecule has 194 valence electrons. The van der Waals surface area contributed by atoms with Crippen LogP contribution in [0.2, 0.25) is 0 Å². The maximum absolute atomic E-state index is 12.1. The largest absolute Gasteiger partial charge is 1.00 e. The van der Waals surface area contributed by atoms with Crippen molar-refractivity contribution in [2.24, 2.45) is 0 Å². The van der Waals surface area contributed by atoms with Crippen molar-refractivity contribution in [3.63, 3.8) is 0 Å². The number of carbonyl (C=O) groups excluding carboxylic acids is 2. The Morgan fingerprint density at radius 3 is 1.82 bits per heavy atom. The average molecular weight is 560 g/mol. The van der Waals surface area contributed by atoms with Gasteiger partial charge in [-0.2, -0.15) is 0 Å². The van der Waals surface area contributed by atoms with Crippen LogP contribution in [0.15, 0.2) is 0 Å². The summed E-state index contributed by atoms with van der Waals surface area (Å²) in [7, 11) is -5.30. The molecule has 0 unspecified atom stereocenters. The molecule has 0 N–H and O–H groups in total. The molecule has 0 aromatic carbocycles. The standard InChI is InChI=1S/C27H33O8P.2Na/c1-3-5-7-9-11-13-14-16-18-20-22-27(29)35-25(24-34-36(30,31)32)23-33-26(28)21-19-17-15-12-10-8-6-4-2;;/h2,25H,3,5,7,9,11,13-14,16,18,20,22-24H2,1H3,(H2,30,31,32);;/q;2*+1/p-2/t25-;;/m0../s1. The summed E-state index contributed by atoms with van der Waals surface area (Å²) in [5.41, 5.74) is 0. The SMILES string of the molecule is C#CC#CC#CC#CC#CC(=O)OC[C@@H](COP(=O)([O-])[O-])OC(=O)CCCCCCCCCCCC.[Na+].[Na+]. The molecule has 0 fully saturated rings. The van der Waals surface area contributed by atoms with Gasteiger partial charge in [-0.1, -0.05) is 64.7 Å². The number of hydrogen-bond acceptors (Lipinski definition) is 8. The smallest absolute Gasteiger partial charge is 0.790 e. The molecule has 0 aliphatic carbocycles. The van der Waals surface area contributed by atoms with Crippen LogP contribution in [0.4, 0.5) is 0 Å². The average Bonchev–Trinajstić information content (AvgIpc) is 2.83. The fraction of sp³-hybridized carbons (Fsp3) is 0.556. The summed E-state index contributed by atoms with van der Waals surface area (Å²) in [4.78, 5) is 45.3. The van der Waals surface area contributed by atoms with Crippen LogP contribution in [-0.4, -0.2) is 31.3 Å². The Morgan fingerprint density at radius 2 is 1.29 bits per heavy atom. The minimum Gasteiger partial charge on any atom is -0.790 e. The third kappa shape index (κ3) is 31.1. The summed E-state index contributed by atoms with van der Waals surface area (Å²) in [5, 5.41) is 0. The predicted molar refractivity (Wildman–Crippen MR) is 131 cm³/mol. The summed E-state index contributed by atoms with van der Waals surface area (Å²) in [6, 6.07) is 0. The van der Waals surface area contributed by atoms with Crippen molar-refractivity contribution in [2.45, 2.75) is 83.7 Å². The molecule has 0 aromatic heterocycles. The molecule has 0 heterocycles. The Hall–Kier alpha value is -1.15. The number of rotatable bonds is 17. The van der Waals surface area contributed by atoms with Crippen LogP contribution >= 0.6 is 7.82 Å². The van der Waals surface area contributed by atoms with Gasteiger partial charge in [-0.15, -0.1) is 6.42 Å². The monoisotopic (exact) mass is 560 g/mol. The van der Waals surface area contributed by atoms with Crippen molar-refractivity contribution in [2.75, 3.05) is 13.2 Å². The van der Waals surface area contributed by atoms with E-state index in [0.29, 0.717) is 6.42 Å². The number of phosphoric acid groups is 1. The van der Waals surface area contributed by atoms with E-state index in [2.05, 4.69) is 64.7 Å². The van der Waals surface area contributed by atoms with E-state index < -0.39 is 39.1 Å². The molecule has 0 saturated heterocycles. The van der Waals surface area contributed by atoms with Crippen molar-refractivity contribution >= 4 is 19.8 Å².